The van der Waals surface area contributed by atoms with Crippen molar-refractivity contribution >= 4 is 16.8 Å². The normalized spacial score (nSPS) is 10.6. The first-order valence-corrected chi connectivity index (χ1v) is 7.80. The van der Waals surface area contributed by atoms with Crippen LogP contribution in [0.2, 0.25) is 0 Å². The average Bonchev–Trinajstić information content (AvgIpc) is 2.97. The Morgan fingerprint density at radius 3 is 2.65 bits per heavy atom. The Balaban J connectivity index is 2.18. The zero-order valence-electron chi connectivity index (χ0n) is 13.0. The van der Waals surface area contributed by atoms with Gasteiger partial charge in [0, 0.05) is 17.4 Å². The van der Waals surface area contributed by atoms with Crippen LogP contribution in [0.4, 0.5) is 0 Å². The Labute approximate surface area is 135 Å². The molecule has 23 heavy (non-hydrogen) atoms. The first-order valence-electron chi connectivity index (χ1n) is 7.80. The SMILES string of the molecule is CCCCc1oc2ccc(C#N)cc2c1C(=O)c1ccccc1. The Morgan fingerprint density at radius 1 is 1.17 bits per heavy atom. The van der Waals surface area contributed by atoms with E-state index in [4.69, 9.17) is 9.68 Å². The molecule has 0 amide bonds. The van der Waals surface area contributed by atoms with Gasteiger partial charge in [-0.25, -0.2) is 0 Å². The molecular formula is C20H17NO2. The molecule has 0 atom stereocenters. The Morgan fingerprint density at radius 2 is 1.96 bits per heavy atom. The number of nitriles is 1. The van der Waals surface area contributed by atoms with E-state index in [9.17, 15) is 4.79 Å². The minimum Gasteiger partial charge on any atom is -0.460 e. The Hall–Kier alpha value is -2.86. The van der Waals surface area contributed by atoms with E-state index in [1.54, 1.807) is 30.3 Å². The molecular weight excluding hydrogens is 286 g/mol. The number of ketones is 1. The maximum atomic E-state index is 13.0. The summed E-state index contributed by atoms with van der Waals surface area (Å²) in [5.74, 6) is 0.663. The molecule has 0 radical (unpaired) electrons. The highest BCUT2D eigenvalue weighted by atomic mass is 16.3. The molecule has 0 unspecified atom stereocenters. The quantitative estimate of drug-likeness (QED) is 0.631. The summed E-state index contributed by atoms with van der Waals surface area (Å²) < 4.78 is 5.91. The summed E-state index contributed by atoms with van der Waals surface area (Å²) >= 11 is 0. The highest BCUT2D eigenvalue weighted by molar-refractivity contribution is 6.17. The number of hydrogen-bond donors (Lipinski definition) is 0. The van der Waals surface area contributed by atoms with Gasteiger partial charge in [-0.3, -0.25) is 4.79 Å². The lowest BCUT2D eigenvalue weighted by Crippen LogP contribution is -2.03. The molecule has 3 rings (SSSR count). The third kappa shape index (κ3) is 2.89. The van der Waals surface area contributed by atoms with Crippen molar-refractivity contribution in [1.29, 1.82) is 5.26 Å². The van der Waals surface area contributed by atoms with Crippen molar-refractivity contribution in [1.82, 2.24) is 0 Å². The van der Waals surface area contributed by atoms with Crippen LogP contribution in [-0.2, 0) is 6.42 Å². The van der Waals surface area contributed by atoms with E-state index in [0.29, 0.717) is 28.0 Å². The predicted octanol–water partition coefficient (Wildman–Crippen LogP) is 4.88. The molecule has 3 nitrogen and oxygen atoms in total. The molecule has 0 saturated heterocycles. The van der Waals surface area contributed by atoms with Gasteiger partial charge in [0.25, 0.3) is 0 Å². The lowest BCUT2D eigenvalue weighted by atomic mass is 9.97. The number of aryl methyl sites for hydroxylation is 1. The molecule has 0 aliphatic carbocycles. The zero-order valence-corrected chi connectivity index (χ0v) is 13.0. The van der Waals surface area contributed by atoms with Crippen LogP contribution in [0.5, 0.6) is 0 Å². The monoisotopic (exact) mass is 303 g/mol. The van der Waals surface area contributed by atoms with Crippen LogP contribution >= 0.6 is 0 Å². The molecule has 114 valence electrons. The molecule has 2 aromatic carbocycles. The maximum Gasteiger partial charge on any atom is 0.197 e. The number of carbonyl (C=O) groups excluding carboxylic acids is 1. The van der Waals surface area contributed by atoms with Crippen molar-refractivity contribution in [2.75, 3.05) is 0 Å². The highest BCUT2D eigenvalue weighted by Gasteiger charge is 2.21. The number of carbonyl (C=O) groups is 1. The van der Waals surface area contributed by atoms with Crippen molar-refractivity contribution in [3.05, 3.63) is 71.0 Å². The number of furan rings is 1. The number of unbranched alkanes of at least 4 members (excludes halogenated alkanes) is 1. The molecule has 0 aliphatic heterocycles. The first kappa shape index (κ1) is 15.1. The van der Waals surface area contributed by atoms with Crippen LogP contribution in [-0.4, -0.2) is 5.78 Å². The van der Waals surface area contributed by atoms with Gasteiger partial charge in [0.05, 0.1) is 17.2 Å². The van der Waals surface area contributed by atoms with Crippen LogP contribution in [0.1, 0.15) is 47.0 Å². The molecule has 0 spiro atoms. The van der Waals surface area contributed by atoms with E-state index < -0.39 is 0 Å². The van der Waals surface area contributed by atoms with E-state index >= 15 is 0 Å². The molecule has 3 aromatic rings. The number of fused-ring (bicyclic) bond motifs is 1. The molecule has 0 aliphatic rings. The van der Waals surface area contributed by atoms with Crippen molar-refractivity contribution in [3.63, 3.8) is 0 Å². The summed E-state index contributed by atoms with van der Waals surface area (Å²) in [4.78, 5) is 13.0. The predicted molar refractivity (Wildman–Crippen MR) is 89.4 cm³/mol. The Kier molecular flexibility index (Phi) is 4.25. The second-order valence-electron chi connectivity index (χ2n) is 5.52. The average molecular weight is 303 g/mol. The minimum absolute atomic E-state index is 0.0504. The lowest BCUT2D eigenvalue weighted by Gasteiger charge is -2.03. The smallest absolute Gasteiger partial charge is 0.197 e. The zero-order chi connectivity index (χ0) is 16.2. The maximum absolute atomic E-state index is 13.0. The number of hydrogen-bond acceptors (Lipinski definition) is 3. The van der Waals surface area contributed by atoms with Crippen LogP contribution in [0.15, 0.2) is 52.9 Å². The van der Waals surface area contributed by atoms with Gasteiger partial charge in [-0.1, -0.05) is 43.7 Å². The first-order chi connectivity index (χ1) is 11.2. The number of nitrogens with zero attached hydrogens (tertiary/aromatic N) is 1. The van der Waals surface area contributed by atoms with E-state index in [2.05, 4.69) is 13.0 Å². The third-order valence-electron chi connectivity index (χ3n) is 3.91. The van der Waals surface area contributed by atoms with Gasteiger partial charge in [0.15, 0.2) is 5.78 Å². The third-order valence-corrected chi connectivity index (χ3v) is 3.91. The van der Waals surface area contributed by atoms with Gasteiger partial charge < -0.3 is 4.42 Å². The standard InChI is InChI=1S/C20H17NO2/c1-2-3-9-18-19(20(22)15-7-5-4-6-8-15)16-12-14(13-21)10-11-17(16)23-18/h4-8,10-12H,2-3,9H2,1H3. The molecule has 0 N–H and O–H groups in total. The van der Waals surface area contributed by atoms with Crippen molar-refractivity contribution in [2.45, 2.75) is 26.2 Å². The summed E-state index contributed by atoms with van der Waals surface area (Å²) in [7, 11) is 0. The van der Waals surface area contributed by atoms with E-state index in [-0.39, 0.29) is 5.78 Å². The molecule has 0 fully saturated rings. The minimum atomic E-state index is -0.0504. The molecule has 0 saturated carbocycles. The van der Waals surface area contributed by atoms with Gasteiger partial charge in [-0.15, -0.1) is 0 Å². The van der Waals surface area contributed by atoms with Gasteiger partial charge in [0.1, 0.15) is 11.3 Å². The highest BCUT2D eigenvalue weighted by Crippen LogP contribution is 2.30. The lowest BCUT2D eigenvalue weighted by molar-refractivity contribution is 0.103. The fourth-order valence-corrected chi connectivity index (χ4v) is 2.71. The van der Waals surface area contributed by atoms with Gasteiger partial charge >= 0.3 is 0 Å². The molecule has 0 bridgehead atoms. The largest absolute Gasteiger partial charge is 0.460 e. The fraction of sp³-hybridized carbons (Fsp3) is 0.200. The fourth-order valence-electron chi connectivity index (χ4n) is 2.71. The van der Waals surface area contributed by atoms with Crippen LogP contribution in [0, 0.1) is 11.3 Å². The van der Waals surface area contributed by atoms with Crippen molar-refractivity contribution in [2.24, 2.45) is 0 Å². The summed E-state index contributed by atoms with van der Waals surface area (Å²) in [6, 6.07) is 16.5. The summed E-state index contributed by atoms with van der Waals surface area (Å²) in [5, 5.41) is 9.85. The second-order valence-corrected chi connectivity index (χ2v) is 5.52. The van der Waals surface area contributed by atoms with Crippen LogP contribution < -0.4 is 0 Å². The van der Waals surface area contributed by atoms with Crippen molar-refractivity contribution < 1.29 is 9.21 Å². The van der Waals surface area contributed by atoms with Crippen molar-refractivity contribution in [3.8, 4) is 6.07 Å². The van der Waals surface area contributed by atoms with E-state index in [1.807, 2.05) is 18.2 Å². The topological polar surface area (TPSA) is 54.0 Å². The number of benzene rings is 2. The van der Waals surface area contributed by atoms with E-state index in [1.165, 1.54) is 0 Å². The van der Waals surface area contributed by atoms with Gasteiger partial charge in [-0.2, -0.15) is 5.26 Å². The van der Waals surface area contributed by atoms with E-state index in [0.717, 1.165) is 24.6 Å². The molecule has 1 aromatic heterocycles. The second kappa shape index (κ2) is 6.50. The van der Waals surface area contributed by atoms with Crippen LogP contribution in [0.25, 0.3) is 11.0 Å². The number of rotatable bonds is 5. The molecule has 3 heteroatoms. The van der Waals surface area contributed by atoms with Gasteiger partial charge in [0.2, 0.25) is 0 Å². The Bertz CT molecular complexity index is 885. The summed E-state index contributed by atoms with van der Waals surface area (Å²) in [6.45, 7) is 2.11. The molecule has 1 heterocycles. The van der Waals surface area contributed by atoms with Crippen LogP contribution in [0.3, 0.4) is 0 Å². The summed E-state index contributed by atoms with van der Waals surface area (Å²) in [5.41, 5.74) is 2.42. The van der Waals surface area contributed by atoms with Gasteiger partial charge in [-0.05, 0) is 24.6 Å². The summed E-state index contributed by atoms with van der Waals surface area (Å²) in [6.07, 6.45) is 2.71.